The van der Waals surface area contributed by atoms with E-state index in [9.17, 15) is 5.11 Å². The lowest BCUT2D eigenvalue weighted by molar-refractivity contribution is 0.166. The molecule has 96 valence electrons. The van der Waals surface area contributed by atoms with Gasteiger partial charge in [0.2, 0.25) is 0 Å². The molecule has 0 bridgehead atoms. The van der Waals surface area contributed by atoms with Crippen LogP contribution in [-0.4, -0.2) is 14.7 Å². The number of rotatable bonds is 6. The lowest BCUT2D eigenvalue weighted by Gasteiger charge is -2.06. The van der Waals surface area contributed by atoms with Gasteiger partial charge in [-0.3, -0.25) is 4.98 Å². The number of aromatic nitrogens is 2. The molecule has 0 amide bonds. The third kappa shape index (κ3) is 3.44. The minimum absolute atomic E-state index is 0.328. The van der Waals surface area contributed by atoms with Crippen LogP contribution in [0.15, 0.2) is 42.9 Å². The van der Waals surface area contributed by atoms with E-state index in [1.54, 1.807) is 0 Å². The molecule has 0 aliphatic carbocycles. The first-order chi connectivity index (χ1) is 8.79. The summed E-state index contributed by atoms with van der Waals surface area (Å²) in [7, 11) is 0. The van der Waals surface area contributed by atoms with Crippen LogP contribution in [0.1, 0.15) is 37.1 Å². The Morgan fingerprint density at radius 1 is 1.33 bits per heavy atom. The molecule has 2 aromatic rings. The fourth-order valence-electron chi connectivity index (χ4n) is 2.03. The van der Waals surface area contributed by atoms with Gasteiger partial charge in [0.25, 0.3) is 0 Å². The van der Waals surface area contributed by atoms with Crippen molar-refractivity contribution in [3.63, 3.8) is 0 Å². The van der Waals surface area contributed by atoms with Crippen molar-refractivity contribution in [2.45, 2.75) is 38.8 Å². The topological polar surface area (TPSA) is 38.0 Å². The van der Waals surface area contributed by atoms with Gasteiger partial charge in [-0.05, 0) is 30.2 Å². The molecule has 1 atom stereocenters. The van der Waals surface area contributed by atoms with Crippen molar-refractivity contribution in [3.05, 3.63) is 54.1 Å². The van der Waals surface area contributed by atoms with Gasteiger partial charge in [-0.1, -0.05) is 19.4 Å². The summed E-state index contributed by atoms with van der Waals surface area (Å²) in [4.78, 5) is 4.30. The minimum Gasteiger partial charge on any atom is -0.388 e. The summed E-state index contributed by atoms with van der Waals surface area (Å²) in [5.74, 6) is 0. The number of aliphatic hydroxyl groups is 1. The molecule has 0 fully saturated rings. The van der Waals surface area contributed by atoms with Crippen LogP contribution < -0.4 is 0 Å². The van der Waals surface area contributed by atoms with Crippen LogP contribution in [0, 0.1) is 0 Å². The zero-order valence-corrected chi connectivity index (χ0v) is 10.8. The SMILES string of the molecule is CCCC(O)c1ccn(CCc2ccccn2)c1. The summed E-state index contributed by atoms with van der Waals surface area (Å²) in [6.45, 7) is 2.98. The molecule has 18 heavy (non-hydrogen) atoms. The molecule has 2 rings (SSSR count). The highest BCUT2D eigenvalue weighted by molar-refractivity contribution is 5.13. The Kier molecular flexibility index (Phi) is 4.53. The highest BCUT2D eigenvalue weighted by Gasteiger charge is 2.07. The molecule has 3 nitrogen and oxygen atoms in total. The van der Waals surface area contributed by atoms with Crippen LogP contribution in [0.2, 0.25) is 0 Å². The van der Waals surface area contributed by atoms with Crippen molar-refractivity contribution in [1.29, 1.82) is 0 Å². The Bertz CT molecular complexity index is 464. The molecule has 0 saturated carbocycles. The van der Waals surface area contributed by atoms with Gasteiger partial charge in [0.1, 0.15) is 0 Å². The van der Waals surface area contributed by atoms with E-state index >= 15 is 0 Å². The van der Waals surface area contributed by atoms with Crippen LogP contribution in [-0.2, 0) is 13.0 Å². The van der Waals surface area contributed by atoms with E-state index in [0.29, 0.717) is 0 Å². The van der Waals surface area contributed by atoms with E-state index in [2.05, 4.69) is 16.5 Å². The van der Waals surface area contributed by atoms with Crippen LogP contribution in [0.25, 0.3) is 0 Å². The molecular weight excluding hydrogens is 224 g/mol. The second-order valence-electron chi connectivity index (χ2n) is 4.56. The number of pyridine rings is 1. The number of aliphatic hydroxyl groups excluding tert-OH is 1. The van der Waals surface area contributed by atoms with Gasteiger partial charge in [-0.25, -0.2) is 0 Å². The Morgan fingerprint density at radius 2 is 2.22 bits per heavy atom. The maximum atomic E-state index is 9.89. The monoisotopic (exact) mass is 244 g/mol. The lowest BCUT2D eigenvalue weighted by atomic mass is 10.1. The number of hydrogen-bond acceptors (Lipinski definition) is 2. The van der Waals surface area contributed by atoms with Gasteiger partial charge in [0, 0.05) is 37.3 Å². The maximum Gasteiger partial charge on any atom is 0.0804 e. The molecule has 0 aliphatic heterocycles. The maximum absolute atomic E-state index is 9.89. The van der Waals surface area contributed by atoms with E-state index < -0.39 is 0 Å². The summed E-state index contributed by atoms with van der Waals surface area (Å²) < 4.78 is 2.11. The molecule has 3 heteroatoms. The minimum atomic E-state index is -0.328. The Morgan fingerprint density at radius 3 is 2.94 bits per heavy atom. The van der Waals surface area contributed by atoms with E-state index in [4.69, 9.17) is 0 Å². The molecule has 2 heterocycles. The highest BCUT2D eigenvalue weighted by Crippen LogP contribution is 2.18. The van der Waals surface area contributed by atoms with Gasteiger partial charge in [0.05, 0.1) is 6.10 Å². The first-order valence-corrected chi connectivity index (χ1v) is 6.53. The van der Waals surface area contributed by atoms with Crippen LogP contribution in [0.5, 0.6) is 0 Å². The van der Waals surface area contributed by atoms with Crippen LogP contribution >= 0.6 is 0 Å². The lowest BCUT2D eigenvalue weighted by Crippen LogP contribution is -2.00. The Balaban J connectivity index is 1.91. The van der Waals surface area contributed by atoms with E-state index in [1.807, 2.05) is 42.9 Å². The summed E-state index contributed by atoms with van der Waals surface area (Å²) in [5, 5.41) is 9.89. The van der Waals surface area contributed by atoms with E-state index in [-0.39, 0.29) is 6.10 Å². The van der Waals surface area contributed by atoms with Crippen molar-refractivity contribution in [1.82, 2.24) is 9.55 Å². The van der Waals surface area contributed by atoms with E-state index in [0.717, 1.165) is 37.1 Å². The van der Waals surface area contributed by atoms with Crippen LogP contribution in [0.4, 0.5) is 0 Å². The van der Waals surface area contributed by atoms with Gasteiger partial charge in [0.15, 0.2) is 0 Å². The van der Waals surface area contributed by atoms with Gasteiger partial charge in [-0.15, -0.1) is 0 Å². The average molecular weight is 244 g/mol. The first kappa shape index (κ1) is 12.8. The molecule has 1 N–H and O–H groups in total. The van der Waals surface area contributed by atoms with Crippen molar-refractivity contribution < 1.29 is 5.11 Å². The van der Waals surface area contributed by atoms with Crippen molar-refractivity contribution in [3.8, 4) is 0 Å². The summed E-state index contributed by atoms with van der Waals surface area (Å²) >= 11 is 0. The fourth-order valence-corrected chi connectivity index (χ4v) is 2.03. The zero-order valence-electron chi connectivity index (χ0n) is 10.8. The third-order valence-electron chi connectivity index (χ3n) is 3.07. The highest BCUT2D eigenvalue weighted by atomic mass is 16.3. The normalized spacial score (nSPS) is 12.6. The number of hydrogen-bond donors (Lipinski definition) is 1. The third-order valence-corrected chi connectivity index (χ3v) is 3.07. The van der Waals surface area contributed by atoms with Gasteiger partial charge in [-0.2, -0.15) is 0 Å². The zero-order chi connectivity index (χ0) is 12.8. The largest absolute Gasteiger partial charge is 0.388 e. The fraction of sp³-hybridized carbons (Fsp3) is 0.400. The molecule has 0 saturated heterocycles. The molecule has 0 aromatic carbocycles. The smallest absolute Gasteiger partial charge is 0.0804 e. The molecule has 0 aliphatic rings. The molecule has 0 radical (unpaired) electrons. The van der Waals surface area contributed by atoms with Crippen molar-refractivity contribution in [2.24, 2.45) is 0 Å². The summed E-state index contributed by atoms with van der Waals surface area (Å²) in [6, 6.07) is 7.97. The second-order valence-corrected chi connectivity index (χ2v) is 4.56. The van der Waals surface area contributed by atoms with Gasteiger partial charge < -0.3 is 9.67 Å². The quantitative estimate of drug-likeness (QED) is 0.848. The van der Waals surface area contributed by atoms with Crippen molar-refractivity contribution in [2.75, 3.05) is 0 Å². The number of aryl methyl sites for hydroxylation is 2. The first-order valence-electron chi connectivity index (χ1n) is 6.53. The standard InChI is InChI=1S/C15H20N2O/c1-2-5-15(18)13-7-10-17(12-13)11-8-14-6-3-4-9-16-14/h3-4,6-7,9-10,12,15,18H,2,5,8,11H2,1H3. The van der Waals surface area contributed by atoms with Gasteiger partial charge >= 0.3 is 0 Å². The second kappa shape index (κ2) is 6.36. The summed E-state index contributed by atoms with van der Waals surface area (Å²) in [6.07, 6.45) is 8.29. The Labute approximate surface area is 108 Å². The predicted octanol–water partition coefficient (Wildman–Crippen LogP) is 2.96. The summed E-state index contributed by atoms with van der Waals surface area (Å²) in [5.41, 5.74) is 2.11. The molecule has 1 unspecified atom stereocenters. The number of nitrogens with zero attached hydrogens (tertiary/aromatic N) is 2. The molecule has 0 spiro atoms. The van der Waals surface area contributed by atoms with Crippen LogP contribution in [0.3, 0.4) is 0 Å². The van der Waals surface area contributed by atoms with E-state index in [1.165, 1.54) is 0 Å². The Hall–Kier alpha value is -1.61. The predicted molar refractivity (Wildman–Crippen MR) is 72.2 cm³/mol. The average Bonchev–Trinajstić information content (AvgIpc) is 2.87. The molecule has 2 aromatic heterocycles. The molecular formula is C15H20N2O. The van der Waals surface area contributed by atoms with Crippen molar-refractivity contribution >= 4 is 0 Å².